The van der Waals surface area contributed by atoms with Crippen molar-refractivity contribution in [3.8, 4) is 0 Å². The zero-order valence-electron chi connectivity index (χ0n) is 12.1. The average Bonchev–Trinajstić information content (AvgIpc) is 2.93. The molecule has 0 radical (unpaired) electrons. The third-order valence-electron chi connectivity index (χ3n) is 3.80. The van der Waals surface area contributed by atoms with Gasteiger partial charge in [0.05, 0.1) is 0 Å². The molecule has 0 spiro atoms. The van der Waals surface area contributed by atoms with Crippen molar-refractivity contribution in [2.75, 3.05) is 13.6 Å². The minimum atomic E-state index is -0.324. The number of amides is 2. The minimum Gasteiger partial charge on any atom is -0.357 e. The van der Waals surface area contributed by atoms with E-state index >= 15 is 0 Å². The zero-order chi connectivity index (χ0) is 14.5. The molecule has 6 nitrogen and oxygen atoms in total. The average molecular weight is 278 g/mol. The second kappa shape index (κ2) is 6.54. The Morgan fingerprint density at radius 3 is 2.95 bits per heavy atom. The van der Waals surface area contributed by atoms with Crippen molar-refractivity contribution < 1.29 is 9.59 Å². The number of piperidine rings is 1. The van der Waals surface area contributed by atoms with Crippen molar-refractivity contribution in [2.45, 2.75) is 45.2 Å². The lowest BCUT2D eigenvalue weighted by Crippen LogP contribution is -2.52. The molecule has 1 aliphatic rings. The van der Waals surface area contributed by atoms with Crippen LogP contribution >= 0.6 is 0 Å². The third kappa shape index (κ3) is 3.00. The molecule has 110 valence electrons. The molecule has 6 heteroatoms. The normalized spacial score (nSPS) is 18.9. The van der Waals surface area contributed by atoms with Crippen molar-refractivity contribution >= 4 is 11.8 Å². The van der Waals surface area contributed by atoms with Crippen LogP contribution in [0.25, 0.3) is 0 Å². The SMILES string of the molecule is CCc1nccn1CC(=O)N1CCCC[C@@H]1C(=O)NC. The molecule has 1 aliphatic heterocycles. The van der Waals surface area contributed by atoms with E-state index in [1.54, 1.807) is 18.1 Å². The number of imidazole rings is 1. The van der Waals surface area contributed by atoms with Crippen LogP contribution < -0.4 is 5.32 Å². The summed E-state index contributed by atoms with van der Waals surface area (Å²) < 4.78 is 1.86. The van der Waals surface area contributed by atoms with Crippen LogP contribution in [0.1, 0.15) is 32.0 Å². The summed E-state index contributed by atoms with van der Waals surface area (Å²) in [5.74, 6) is 0.817. The van der Waals surface area contributed by atoms with Crippen LogP contribution in [0.15, 0.2) is 12.4 Å². The second-order valence-corrected chi connectivity index (χ2v) is 5.04. The number of aromatic nitrogens is 2. The summed E-state index contributed by atoms with van der Waals surface area (Å²) in [5.41, 5.74) is 0. The number of rotatable bonds is 4. The molecule has 2 heterocycles. The van der Waals surface area contributed by atoms with E-state index in [0.29, 0.717) is 6.54 Å². The van der Waals surface area contributed by atoms with Gasteiger partial charge in [-0.15, -0.1) is 0 Å². The first-order chi connectivity index (χ1) is 9.67. The van der Waals surface area contributed by atoms with Crippen LogP contribution in [0.4, 0.5) is 0 Å². The van der Waals surface area contributed by atoms with Gasteiger partial charge in [0, 0.05) is 32.4 Å². The van der Waals surface area contributed by atoms with Crippen molar-refractivity contribution in [3.05, 3.63) is 18.2 Å². The molecule has 0 aliphatic carbocycles. The molecule has 0 bridgehead atoms. The third-order valence-corrected chi connectivity index (χ3v) is 3.80. The van der Waals surface area contributed by atoms with E-state index < -0.39 is 0 Å². The maximum atomic E-state index is 12.5. The zero-order valence-corrected chi connectivity index (χ0v) is 12.1. The van der Waals surface area contributed by atoms with Crippen LogP contribution in [-0.2, 0) is 22.6 Å². The molecule has 2 rings (SSSR count). The summed E-state index contributed by atoms with van der Waals surface area (Å²) in [6.07, 6.45) is 7.01. The van der Waals surface area contributed by atoms with Crippen molar-refractivity contribution in [1.29, 1.82) is 0 Å². The van der Waals surface area contributed by atoms with E-state index in [1.807, 2.05) is 17.7 Å². The predicted molar refractivity (Wildman–Crippen MR) is 75.0 cm³/mol. The van der Waals surface area contributed by atoms with E-state index in [-0.39, 0.29) is 24.4 Å². The summed E-state index contributed by atoms with van der Waals surface area (Å²) in [7, 11) is 1.62. The first kappa shape index (κ1) is 14.6. The summed E-state index contributed by atoms with van der Waals surface area (Å²) in [6.45, 7) is 2.93. The minimum absolute atomic E-state index is 0.00833. The Kier molecular flexibility index (Phi) is 4.76. The molecule has 1 fully saturated rings. The Hall–Kier alpha value is -1.85. The number of nitrogens with zero attached hydrogens (tertiary/aromatic N) is 3. The van der Waals surface area contributed by atoms with Gasteiger partial charge in [-0.2, -0.15) is 0 Å². The van der Waals surface area contributed by atoms with Gasteiger partial charge in [0.25, 0.3) is 0 Å². The highest BCUT2D eigenvalue weighted by Crippen LogP contribution is 2.18. The summed E-state index contributed by atoms with van der Waals surface area (Å²) in [4.78, 5) is 30.3. The molecule has 1 aromatic rings. The lowest BCUT2D eigenvalue weighted by molar-refractivity contribution is -0.142. The van der Waals surface area contributed by atoms with E-state index in [0.717, 1.165) is 31.5 Å². The molecule has 1 N–H and O–H groups in total. The molecule has 0 unspecified atom stereocenters. The summed E-state index contributed by atoms with van der Waals surface area (Å²) >= 11 is 0. The number of hydrogen-bond donors (Lipinski definition) is 1. The van der Waals surface area contributed by atoms with Gasteiger partial charge in [0.1, 0.15) is 18.4 Å². The van der Waals surface area contributed by atoms with Gasteiger partial charge < -0.3 is 14.8 Å². The molecule has 20 heavy (non-hydrogen) atoms. The van der Waals surface area contributed by atoms with E-state index in [4.69, 9.17) is 0 Å². The Balaban J connectivity index is 2.08. The summed E-state index contributed by atoms with van der Waals surface area (Å²) in [6, 6.07) is -0.324. The molecular formula is C14H22N4O2. The Labute approximate surface area is 119 Å². The van der Waals surface area contributed by atoms with Crippen molar-refractivity contribution in [3.63, 3.8) is 0 Å². The quantitative estimate of drug-likeness (QED) is 0.875. The number of carbonyl (C=O) groups excluding carboxylic acids is 2. The first-order valence-electron chi connectivity index (χ1n) is 7.18. The number of aryl methyl sites for hydroxylation is 1. The van der Waals surface area contributed by atoms with E-state index in [1.165, 1.54) is 0 Å². The number of likely N-dealkylation sites (tertiary alicyclic amines) is 1. The molecule has 1 saturated heterocycles. The number of carbonyl (C=O) groups is 2. The monoisotopic (exact) mass is 278 g/mol. The van der Waals surface area contributed by atoms with Crippen molar-refractivity contribution in [2.24, 2.45) is 0 Å². The van der Waals surface area contributed by atoms with E-state index in [2.05, 4.69) is 10.3 Å². The van der Waals surface area contributed by atoms with Gasteiger partial charge in [-0.05, 0) is 19.3 Å². The fourth-order valence-electron chi connectivity index (χ4n) is 2.70. The maximum absolute atomic E-state index is 12.5. The van der Waals surface area contributed by atoms with Crippen molar-refractivity contribution in [1.82, 2.24) is 19.8 Å². The Bertz CT molecular complexity index is 483. The van der Waals surface area contributed by atoms with Gasteiger partial charge in [-0.3, -0.25) is 9.59 Å². The van der Waals surface area contributed by atoms with Crippen LogP contribution in [0.5, 0.6) is 0 Å². The molecule has 0 saturated carbocycles. The highest BCUT2D eigenvalue weighted by molar-refractivity contribution is 5.87. The van der Waals surface area contributed by atoms with Gasteiger partial charge >= 0.3 is 0 Å². The van der Waals surface area contributed by atoms with Crippen LogP contribution in [0.2, 0.25) is 0 Å². The largest absolute Gasteiger partial charge is 0.357 e. The number of hydrogen-bond acceptors (Lipinski definition) is 3. The number of nitrogens with one attached hydrogen (secondary N) is 1. The molecule has 1 atom stereocenters. The Morgan fingerprint density at radius 1 is 1.45 bits per heavy atom. The second-order valence-electron chi connectivity index (χ2n) is 5.04. The van der Waals surface area contributed by atoms with Crippen LogP contribution in [0, 0.1) is 0 Å². The fourth-order valence-corrected chi connectivity index (χ4v) is 2.70. The lowest BCUT2D eigenvalue weighted by atomic mass is 10.0. The molecule has 1 aromatic heterocycles. The Morgan fingerprint density at radius 2 is 2.25 bits per heavy atom. The van der Waals surface area contributed by atoms with Crippen LogP contribution in [-0.4, -0.2) is 45.9 Å². The van der Waals surface area contributed by atoms with Gasteiger partial charge in [-0.25, -0.2) is 4.98 Å². The molecular weight excluding hydrogens is 256 g/mol. The topological polar surface area (TPSA) is 67.2 Å². The van der Waals surface area contributed by atoms with E-state index in [9.17, 15) is 9.59 Å². The van der Waals surface area contributed by atoms with Crippen LogP contribution in [0.3, 0.4) is 0 Å². The molecule has 2 amide bonds. The van der Waals surface area contributed by atoms with Gasteiger partial charge in [0.2, 0.25) is 11.8 Å². The molecule has 0 aromatic carbocycles. The summed E-state index contributed by atoms with van der Waals surface area (Å²) in [5, 5.41) is 2.65. The fraction of sp³-hybridized carbons (Fsp3) is 0.643. The first-order valence-corrected chi connectivity index (χ1v) is 7.18. The standard InChI is InChI=1S/C14H22N4O2/c1-3-12-16-7-9-17(12)10-13(19)18-8-5-4-6-11(18)14(20)15-2/h7,9,11H,3-6,8,10H2,1-2H3,(H,15,20)/t11-/m1/s1. The van der Waals surface area contributed by atoms with Gasteiger partial charge in [-0.1, -0.05) is 6.92 Å². The predicted octanol–water partition coefficient (Wildman–Crippen LogP) is 0.573. The number of likely N-dealkylation sites (N-methyl/N-ethyl adjacent to an activating group) is 1. The maximum Gasteiger partial charge on any atom is 0.243 e. The van der Waals surface area contributed by atoms with Gasteiger partial charge in [0.15, 0.2) is 0 Å². The smallest absolute Gasteiger partial charge is 0.243 e. The highest BCUT2D eigenvalue weighted by atomic mass is 16.2. The lowest BCUT2D eigenvalue weighted by Gasteiger charge is -2.34. The highest BCUT2D eigenvalue weighted by Gasteiger charge is 2.31.